The summed E-state index contributed by atoms with van der Waals surface area (Å²) in [6, 6.07) is 14.4. The first-order valence-corrected chi connectivity index (χ1v) is 8.93. The van der Waals surface area contributed by atoms with Gasteiger partial charge in [0.2, 0.25) is 0 Å². The van der Waals surface area contributed by atoms with Crippen LogP contribution >= 0.6 is 0 Å². The fraction of sp³-hybridized carbons (Fsp3) is 0.200. The predicted octanol–water partition coefficient (Wildman–Crippen LogP) is 3.28. The third-order valence-electron chi connectivity index (χ3n) is 4.07. The minimum atomic E-state index is -0.369. The number of aromatic nitrogens is 3. The smallest absolute Gasteiger partial charge is 0.319 e. The number of rotatable bonds is 5. The first-order chi connectivity index (χ1) is 13.5. The second kappa shape index (κ2) is 8.34. The molecule has 0 spiro atoms. The molecule has 8 nitrogen and oxygen atoms in total. The second-order valence-electron chi connectivity index (χ2n) is 6.29. The van der Waals surface area contributed by atoms with Crippen LogP contribution in [0.1, 0.15) is 28.7 Å². The zero-order valence-corrected chi connectivity index (χ0v) is 16.0. The molecule has 0 aliphatic rings. The Morgan fingerprint density at radius 1 is 1.00 bits per heavy atom. The number of hydrogen-bond donors (Lipinski definition) is 3. The minimum Gasteiger partial charge on any atom is -0.338 e. The number of anilines is 2. The molecule has 28 heavy (non-hydrogen) atoms. The zero-order chi connectivity index (χ0) is 20.1. The van der Waals surface area contributed by atoms with E-state index < -0.39 is 0 Å². The molecule has 0 aliphatic heterocycles. The minimum absolute atomic E-state index is 0.239. The van der Waals surface area contributed by atoms with E-state index in [2.05, 4.69) is 26.3 Å². The van der Waals surface area contributed by atoms with Crippen molar-refractivity contribution in [1.29, 1.82) is 0 Å². The van der Waals surface area contributed by atoms with Crippen LogP contribution in [0.4, 0.5) is 16.2 Å². The van der Waals surface area contributed by atoms with Crippen LogP contribution in [0, 0.1) is 13.8 Å². The van der Waals surface area contributed by atoms with Crippen LogP contribution in [0.2, 0.25) is 0 Å². The lowest BCUT2D eigenvalue weighted by molar-refractivity contribution is 0.102. The fourth-order valence-electron chi connectivity index (χ4n) is 2.74. The molecule has 0 saturated heterocycles. The highest BCUT2D eigenvalue weighted by molar-refractivity contribution is 6.04. The topological polar surface area (TPSA) is 101 Å². The highest BCUT2D eigenvalue weighted by Crippen LogP contribution is 2.18. The largest absolute Gasteiger partial charge is 0.338 e. The molecule has 0 radical (unpaired) electrons. The van der Waals surface area contributed by atoms with Gasteiger partial charge in [0, 0.05) is 17.9 Å². The maximum absolute atomic E-state index is 12.7. The number of urea groups is 1. The Balaban J connectivity index is 1.76. The maximum atomic E-state index is 12.7. The van der Waals surface area contributed by atoms with Gasteiger partial charge in [-0.2, -0.15) is 0 Å². The van der Waals surface area contributed by atoms with Gasteiger partial charge in [-0.3, -0.25) is 4.79 Å². The molecule has 3 aromatic rings. The molecule has 1 heterocycles. The molecular weight excluding hydrogens is 356 g/mol. The lowest BCUT2D eigenvalue weighted by Crippen LogP contribution is -2.28. The van der Waals surface area contributed by atoms with Crippen molar-refractivity contribution < 1.29 is 9.59 Å². The van der Waals surface area contributed by atoms with Crippen molar-refractivity contribution in [1.82, 2.24) is 20.3 Å². The lowest BCUT2D eigenvalue weighted by atomic mass is 10.2. The molecule has 3 rings (SSSR count). The van der Waals surface area contributed by atoms with Crippen molar-refractivity contribution in [3.05, 3.63) is 65.5 Å². The number of aryl methyl sites for hydroxylation is 1. The van der Waals surface area contributed by atoms with Crippen LogP contribution in [-0.4, -0.2) is 33.5 Å². The summed E-state index contributed by atoms with van der Waals surface area (Å²) in [6.45, 7) is 6.15. The third kappa shape index (κ3) is 4.35. The molecule has 3 amide bonds. The standard InChI is InChI=1S/C20H22N6O2/c1-4-21-20(28)23-16-9-6-8-15(12-16)22-19(27)18-14(3)26(25-24-18)17-10-5-7-13(2)11-17/h5-12H,4H2,1-3H3,(H,22,27)(H2,21,23,28). The number of carbonyl (C=O) groups excluding carboxylic acids is 2. The van der Waals surface area contributed by atoms with E-state index in [1.54, 1.807) is 35.9 Å². The third-order valence-corrected chi connectivity index (χ3v) is 4.07. The molecule has 2 aromatic carbocycles. The van der Waals surface area contributed by atoms with Crippen molar-refractivity contribution in [2.45, 2.75) is 20.8 Å². The average Bonchev–Trinajstić information content (AvgIpc) is 3.04. The molecule has 3 N–H and O–H groups in total. The van der Waals surface area contributed by atoms with Gasteiger partial charge in [0.05, 0.1) is 11.4 Å². The van der Waals surface area contributed by atoms with E-state index in [-0.39, 0.29) is 17.6 Å². The predicted molar refractivity (Wildman–Crippen MR) is 108 cm³/mol. The zero-order valence-electron chi connectivity index (χ0n) is 16.0. The lowest BCUT2D eigenvalue weighted by Gasteiger charge is -2.09. The van der Waals surface area contributed by atoms with Crippen molar-refractivity contribution in [3.8, 4) is 5.69 Å². The van der Waals surface area contributed by atoms with E-state index in [1.807, 2.05) is 38.1 Å². The summed E-state index contributed by atoms with van der Waals surface area (Å²) in [7, 11) is 0. The van der Waals surface area contributed by atoms with E-state index in [9.17, 15) is 9.59 Å². The van der Waals surface area contributed by atoms with Gasteiger partial charge in [0.25, 0.3) is 5.91 Å². The number of nitrogens with one attached hydrogen (secondary N) is 3. The summed E-state index contributed by atoms with van der Waals surface area (Å²) in [6.07, 6.45) is 0. The summed E-state index contributed by atoms with van der Waals surface area (Å²) in [5.74, 6) is -0.369. The average molecular weight is 378 g/mol. The van der Waals surface area contributed by atoms with Crippen LogP contribution in [0.3, 0.4) is 0 Å². The van der Waals surface area contributed by atoms with Crippen LogP contribution in [0.15, 0.2) is 48.5 Å². The highest BCUT2D eigenvalue weighted by Gasteiger charge is 2.17. The van der Waals surface area contributed by atoms with E-state index in [1.165, 1.54) is 0 Å². The number of hydrogen-bond acceptors (Lipinski definition) is 4. The van der Waals surface area contributed by atoms with E-state index >= 15 is 0 Å². The molecule has 0 aliphatic carbocycles. The number of benzene rings is 2. The van der Waals surface area contributed by atoms with Crippen molar-refractivity contribution in [2.24, 2.45) is 0 Å². The SMILES string of the molecule is CCNC(=O)Nc1cccc(NC(=O)c2nnn(-c3cccc(C)c3)c2C)c1. The normalized spacial score (nSPS) is 10.4. The molecule has 144 valence electrons. The molecule has 0 fully saturated rings. The van der Waals surface area contributed by atoms with Crippen LogP contribution < -0.4 is 16.0 Å². The van der Waals surface area contributed by atoms with Crippen molar-refractivity contribution >= 4 is 23.3 Å². The Morgan fingerprint density at radius 2 is 1.71 bits per heavy atom. The molecule has 0 saturated carbocycles. The van der Waals surface area contributed by atoms with E-state index in [0.717, 1.165) is 11.3 Å². The van der Waals surface area contributed by atoms with Gasteiger partial charge in [0.15, 0.2) is 5.69 Å². The van der Waals surface area contributed by atoms with Gasteiger partial charge in [-0.25, -0.2) is 9.48 Å². The Hall–Kier alpha value is -3.68. The fourth-order valence-corrected chi connectivity index (χ4v) is 2.74. The van der Waals surface area contributed by atoms with Gasteiger partial charge in [-0.1, -0.05) is 23.4 Å². The molecule has 0 unspecified atom stereocenters. The van der Waals surface area contributed by atoms with Gasteiger partial charge in [-0.15, -0.1) is 5.10 Å². The van der Waals surface area contributed by atoms with Gasteiger partial charge in [-0.05, 0) is 56.7 Å². The van der Waals surface area contributed by atoms with E-state index in [0.29, 0.717) is 23.6 Å². The van der Waals surface area contributed by atoms with Gasteiger partial charge in [0.1, 0.15) is 0 Å². The van der Waals surface area contributed by atoms with Crippen molar-refractivity contribution in [3.63, 3.8) is 0 Å². The summed E-state index contributed by atoms with van der Waals surface area (Å²) in [5.41, 5.74) is 3.93. The van der Waals surface area contributed by atoms with E-state index in [4.69, 9.17) is 0 Å². The molecule has 0 atom stereocenters. The monoisotopic (exact) mass is 378 g/mol. The van der Waals surface area contributed by atoms with Gasteiger partial charge >= 0.3 is 6.03 Å². The van der Waals surface area contributed by atoms with Crippen LogP contribution in [0.25, 0.3) is 5.69 Å². The summed E-state index contributed by atoms with van der Waals surface area (Å²) >= 11 is 0. The number of nitrogens with zero attached hydrogens (tertiary/aromatic N) is 3. The summed E-state index contributed by atoms with van der Waals surface area (Å²) < 4.78 is 1.63. The summed E-state index contributed by atoms with van der Waals surface area (Å²) in [4.78, 5) is 24.3. The van der Waals surface area contributed by atoms with Crippen LogP contribution in [0.5, 0.6) is 0 Å². The Labute approximate surface area is 163 Å². The Kier molecular flexibility index (Phi) is 5.69. The molecule has 8 heteroatoms. The Bertz CT molecular complexity index is 1010. The first kappa shape index (κ1) is 19.1. The van der Waals surface area contributed by atoms with Crippen molar-refractivity contribution in [2.75, 3.05) is 17.2 Å². The number of carbonyl (C=O) groups is 2. The molecule has 0 bridgehead atoms. The Morgan fingerprint density at radius 3 is 2.43 bits per heavy atom. The quantitative estimate of drug-likeness (QED) is 0.634. The number of amides is 3. The maximum Gasteiger partial charge on any atom is 0.319 e. The van der Waals surface area contributed by atoms with Gasteiger partial charge < -0.3 is 16.0 Å². The summed E-state index contributed by atoms with van der Waals surface area (Å²) in [5, 5.41) is 16.3. The second-order valence-corrected chi connectivity index (χ2v) is 6.29. The molecular formula is C20H22N6O2. The molecule has 1 aromatic heterocycles. The highest BCUT2D eigenvalue weighted by atomic mass is 16.2. The first-order valence-electron chi connectivity index (χ1n) is 8.93. The van der Waals surface area contributed by atoms with Crippen LogP contribution in [-0.2, 0) is 0 Å².